The van der Waals surface area contributed by atoms with Crippen LogP contribution in [0.15, 0.2) is 54.6 Å². The maximum absolute atomic E-state index is 11.4. The third kappa shape index (κ3) is 10.5. The van der Waals surface area contributed by atoms with Gasteiger partial charge in [0.15, 0.2) is 0 Å². The summed E-state index contributed by atoms with van der Waals surface area (Å²) in [6, 6.07) is 10.7. The minimum atomic E-state index is -3.44. The maximum Gasteiger partial charge on any atom is 0.233 e. The minimum absolute atomic E-state index is 0.245. The number of benzene rings is 1. The first-order chi connectivity index (χ1) is 13.9. The van der Waals surface area contributed by atoms with E-state index in [-0.39, 0.29) is 6.42 Å². The molecule has 1 aromatic carbocycles. The van der Waals surface area contributed by atoms with E-state index in [1.807, 2.05) is 4.72 Å². The van der Waals surface area contributed by atoms with Crippen LogP contribution in [-0.4, -0.2) is 20.6 Å². The molecule has 5 heteroatoms. The lowest BCUT2D eigenvalue weighted by atomic mass is 9.92. The van der Waals surface area contributed by atoms with Crippen molar-refractivity contribution in [2.45, 2.75) is 64.2 Å². The molecule has 1 aliphatic rings. The van der Waals surface area contributed by atoms with Crippen LogP contribution in [0.5, 0.6) is 0 Å². The summed E-state index contributed by atoms with van der Waals surface area (Å²) in [4.78, 5) is 11.4. The number of sulfonamides is 1. The number of rotatable bonds is 12. The molecule has 2 rings (SSSR count). The van der Waals surface area contributed by atoms with Gasteiger partial charge in [0.25, 0.3) is 0 Å². The fraction of sp³-hybridized carbons (Fsp3) is 0.542. The van der Waals surface area contributed by atoms with E-state index in [1.54, 1.807) is 0 Å². The van der Waals surface area contributed by atoms with E-state index in [4.69, 9.17) is 0 Å². The second-order valence-electron chi connectivity index (χ2n) is 8.06. The summed E-state index contributed by atoms with van der Waals surface area (Å²) in [5, 5.41) is 0. The normalized spacial score (nSPS) is 19.9. The van der Waals surface area contributed by atoms with Gasteiger partial charge in [-0.15, -0.1) is 0 Å². The topological polar surface area (TPSA) is 63.2 Å². The Hall–Kier alpha value is -1.88. The van der Waals surface area contributed by atoms with Crippen LogP contribution in [0.2, 0.25) is 0 Å². The first-order valence-corrected chi connectivity index (χ1v) is 12.7. The number of hydrogen-bond donors (Lipinski definition) is 1. The Kier molecular flexibility index (Phi) is 10.2. The maximum atomic E-state index is 11.4. The van der Waals surface area contributed by atoms with Crippen molar-refractivity contribution in [3.63, 3.8) is 0 Å². The number of carbonyl (C=O) groups excluding carboxylic acids is 1. The van der Waals surface area contributed by atoms with Crippen molar-refractivity contribution in [2.75, 3.05) is 6.26 Å². The Morgan fingerprint density at radius 3 is 2.59 bits per heavy atom. The van der Waals surface area contributed by atoms with Crippen molar-refractivity contribution in [3.8, 4) is 0 Å². The molecule has 1 aliphatic carbocycles. The molecule has 1 N–H and O–H groups in total. The van der Waals surface area contributed by atoms with Gasteiger partial charge in [0.1, 0.15) is 0 Å². The first kappa shape index (κ1) is 23.4. The summed E-state index contributed by atoms with van der Waals surface area (Å²) in [6.07, 6.45) is 20.4. The van der Waals surface area contributed by atoms with Crippen molar-refractivity contribution in [2.24, 2.45) is 11.8 Å². The number of allylic oxidation sites excluding steroid dienone is 4. The van der Waals surface area contributed by atoms with Gasteiger partial charge in [0.05, 0.1) is 6.26 Å². The zero-order chi connectivity index (χ0) is 21.0. The molecule has 1 fully saturated rings. The number of amides is 1. The third-order valence-corrected chi connectivity index (χ3v) is 6.06. The highest BCUT2D eigenvalue weighted by atomic mass is 32.2. The molecular formula is C24H35NO3S. The van der Waals surface area contributed by atoms with Crippen molar-refractivity contribution >= 4 is 15.9 Å². The van der Waals surface area contributed by atoms with Crippen molar-refractivity contribution in [3.05, 3.63) is 60.2 Å². The highest BCUT2D eigenvalue weighted by Gasteiger charge is 2.23. The van der Waals surface area contributed by atoms with Gasteiger partial charge in [-0.1, -0.05) is 61.1 Å². The number of nitrogens with one attached hydrogen (secondary N) is 1. The molecular weight excluding hydrogens is 382 g/mol. The molecule has 0 radical (unpaired) electrons. The molecule has 29 heavy (non-hydrogen) atoms. The number of unbranched alkanes of at least 4 members (excludes halogenated alkanes) is 2. The monoisotopic (exact) mass is 417 g/mol. The number of aryl methyl sites for hydroxylation is 1. The van der Waals surface area contributed by atoms with Crippen LogP contribution in [0.3, 0.4) is 0 Å². The van der Waals surface area contributed by atoms with Crippen LogP contribution in [0.25, 0.3) is 0 Å². The molecule has 2 atom stereocenters. The highest BCUT2D eigenvalue weighted by molar-refractivity contribution is 7.89. The fourth-order valence-corrected chi connectivity index (χ4v) is 4.49. The molecule has 0 saturated heterocycles. The third-order valence-electron chi connectivity index (χ3n) is 5.46. The smallest absolute Gasteiger partial charge is 0.233 e. The van der Waals surface area contributed by atoms with Crippen LogP contribution in [0.1, 0.15) is 63.4 Å². The zero-order valence-corrected chi connectivity index (χ0v) is 18.4. The minimum Gasteiger partial charge on any atom is -0.274 e. The lowest BCUT2D eigenvalue weighted by molar-refractivity contribution is -0.119. The SMILES string of the molecule is CS(=O)(=O)NC(=O)CCC/C=C/C[C@H]1CCCC1/C=C/CCCc1ccccc1. The van der Waals surface area contributed by atoms with E-state index >= 15 is 0 Å². The van der Waals surface area contributed by atoms with E-state index in [1.165, 1.54) is 31.2 Å². The summed E-state index contributed by atoms with van der Waals surface area (Å²) in [7, 11) is -3.44. The van der Waals surface area contributed by atoms with Gasteiger partial charge in [-0.3, -0.25) is 9.52 Å². The standard InChI is InChI=1S/C24H35NO3S/c1-29(27,28)25-24(26)20-11-3-2-9-16-22-18-12-19-23(22)17-10-5-8-15-21-13-6-4-7-14-21/h2,4,6-7,9-10,13-14,17,22-23H,3,5,8,11-12,15-16,18-20H2,1H3,(H,25,26)/b9-2+,17-10+/t22-,23?/m0/s1. The zero-order valence-electron chi connectivity index (χ0n) is 17.6. The van der Waals surface area contributed by atoms with Gasteiger partial charge in [-0.05, 0) is 68.8 Å². The van der Waals surface area contributed by atoms with E-state index in [0.29, 0.717) is 12.3 Å². The number of carbonyl (C=O) groups is 1. The molecule has 4 nitrogen and oxygen atoms in total. The largest absolute Gasteiger partial charge is 0.274 e. The van der Waals surface area contributed by atoms with Crippen LogP contribution < -0.4 is 4.72 Å². The summed E-state index contributed by atoms with van der Waals surface area (Å²) in [5.41, 5.74) is 1.42. The summed E-state index contributed by atoms with van der Waals surface area (Å²) >= 11 is 0. The van der Waals surface area contributed by atoms with Crippen molar-refractivity contribution in [1.29, 1.82) is 0 Å². The predicted molar refractivity (Wildman–Crippen MR) is 120 cm³/mol. The van der Waals surface area contributed by atoms with E-state index in [0.717, 1.165) is 37.9 Å². The van der Waals surface area contributed by atoms with Gasteiger partial charge in [0.2, 0.25) is 15.9 Å². The first-order valence-electron chi connectivity index (χ1n) is 10.8. The number of hydrogen-bond acceptors (Lipinski definition) is 3. The van der Waals surface area contributed by atoms with Crippen LogP contribution in [0, 0.1) is 11.8 Å². The molecule has 1 saturated carbocycles. The molecule has 1 aromatic rings. The Balaban J connectivity index is 1.59. The molecule has 0 aromatic heterocycles. The van der Waals surface area contributed by atoms with Crippen molar-refractivity contribution in [1.82, 2.24) is 4.72 Å². The lowest BCUT2D eigenvalue weighted by Gasteiger charge is -2.14. The average Bonchev–Trinajstić information content (AvgIpc) is 3.11. The quantitative estimate of drug-likeness (QED) is 0.377. The Labute approximate surface area is 176 Å². The summed E-state index contributed by atoms with van der Waals surface area (Å²) in [5.74, 6) is 0.997. The van der Waals surface area contributed by atoms with Gasteiger partial charge in [0, 0.05) is 6.42 Å². The van der Waals surface area contributed by atoms with Crippen LogP contribution in [-0.2, 0) is 21.2 Å². The van der Waals surface area contributed by atoms with Gasteiger partial charge >= 0.3 is 0 Å². The highest BCUT2D eigenvalue weighted by Crippen LogP contribution is 2.35. The van der Waals surface area contributed by atoms with Crippen LogP contribution in [0.4, 0.5) is 0 Å². The Bertz CT molecular complexity index is 769. The molecule has 0 bridgehead atoms. The molecule has 0 heterocycles. The lowest BCUT2D eigenvalue weighted by Crippen LogP contribution is -2.28. The van der Waals surface area contributed by atoms with E-state index in [2.05, 4.69) is 54.6 Å². The van der Waals surface area contributed by atoms with Crippen molar-refractivity contribution < 1.29 is 13.2 Å². The average molecular weight is 418 g/mol. The van der Waals surface area contributed by atoms with Gasteiger partial charge in [-0.2, -0.15) is 0 Å². The summed E-state index contributed by atoms with van der Waals surface area (Å²) < 4.78 is 24.0. The molecule has 1 unspecified atom stereocenters. The fourth-order valence-electron chi connectivity index (χ4n) is 3.98. The Morgan fingerprint density at radius 1 is 1.07 bits per heavy atom. The predicted octanol–water partition coefficient (Wildman–Crippen LogP) is 5.17. The van der Waals surface area contributed by atoms with E-state index < -0.39 is 15.9 Å². The van der Waals surface area contributed by atoms with Gasteiger partial charge in [-0.25, -0.2) is 8.42 Å². The second kappa shape index (κ2) is 12.6. The van der Waals surface area contributed by atoms with E-state index in [9.17, 15) is 13.2 Å². The second-order valence-corrected chi connectivity index (χ2v) is 9.81. The van der Waals surface area contributed by atoms with Crippen LogP contribution >= 0.6 is 0 Å². The Morgan fingerprint density at radius 2 is 1.83 bits per heavy atom. The summed E-state index contributed by atoms with van der Waals surface area (Å²) in [6.45, 7) is 0. The molecule has 160 valence electrons. The molecule has 0 spiro atoms. The molecule has 0 aliphatic heterocycles. The molecule has 1 amide bonds. The van der Waals surface area contributed by atoms with Gasteiger partial charge < -0.3 is 0 Å².